The number of hydrogen-bond donors (Lipinski definition) is 1. The van der Waals surface area contributed by atoms with E-state index >= 15 is 0 Å². The summed E-state index contributed by atoms with van der Waals surface area (Å²) in [6.07, 6.45) is -0.348. The average Bonchev–Trinajstić information content (AvgIpc) is 2.95. The van der Waals surface area contributed by atoms with Crippen molar-refractivity contribution in [3.8, 4) is 0 Å². The Hall–Kier alpha value is -2.66. The van der Waals surface area contributed by atoms with Crippen LogP contribution in [0.5, 0.6) is 0 Å². The molecular weight excluding hydrogens is 445 g/mol. The van der Waals surface area contributed by atoms with E-state index in [0.29, 0.717) is 32.4 Å². The van der Waals surface area contributed by atoms with Crippen LogP contribution in [-0.4, -0.2) is 16.8 Å². The van der Waals surface area contributed by atoms with E-state index in [1.807, 2.05) is 32.9 Å². The lowest BCUT2D eigenvalue weighted by Gasteiger charge is -2.24. The number of nitrogens with zero attached hydrogens (tertiary/aromatic N) is 1. The molecule has 1 unspecified atom stereocenters. The number of aryl methyl sites for hydroxylation is 3. The largest absolute Gasteiger partial charge is 0.375 e. The molecule has 0 fully saturated rings. The van der Waals surface area contributed by atoms with Crippen molar-refractivity contribution in [3.63, 3.8) is 0 Å². The van der Waals surface area contributed by atoms with Gasteiger partial charge in [-0.15, -0.1) is 0 Å². The summed E-state index contributed by atoms with van der Waals surface area (Å²) in [5, 5.41) is 12.4. The molecule has 3 aromatic carbocycles. The highest BCUT2D eigenvalue weighted by Crippen LogP contribution is 2.44. The Balaban J connectivity index is 1.73. The van der Waals surface area contributed by atoms with E-state index in [1.165, 1.54) is 4.90 Å². The number of Topliss-reactive ketones (excluding diaryl/α,β-unsaturated/α-hetero) is 1. The van der Waals surface area contributed by atoms with Gasteiger partial charge in [-0.2, -0.15) is 0 Å². The predicted molar refractivity (Wildman–Crippen MR) is 128 cm³/mol. The molecule has 1 aliphatic rings. The van der Waals surface area contributed by atoms with E-state index in [4.69, 9.17) is 23.2 Å². The minimum absolute atomic E-state index is 0.0908. The number of hydrogen-bond acceptors (Lipinski definition) is 3. The minimum atomic E-state index is -1.97. The molecule has 1 atom stereocenters. The van der Waals surface area contributed by atoms with Crippen LogP contribution in [0.3, 0.4) is 0 Å². The smallest absolute Gasteiger partial charge is 0.264 e. The van der Waals surface area contributed by atoms with E-state index < -0.39 is 11.5 Å². The van der Waals surface area contributed by atoms with E-state index in [0.717, 1.165) is 16.7 Å². The molecular formula is C26H23Cl2NO3. The average molecular weight is 468 g/mol. The van der Waals surface area contributed by atoms with E-state index in [2.05, 4.69) is 0 Å². The highest BCUT2D eigenvalue weighted by atomic mass is 35.5. The Morgan fingerprint density at radius 3 is 2.25 bits per heavy atom. The molecule has 3 aromatic rings. The van der Waals surface area contributed by atoms with Gasteiger partial charge in [-0.05, 0) is 61.7 Å². The molecule has 1 heterocycles. The molecule has 1 aliphatic heterocycles. The summed E-state index contributed by atoms with van der Waals surface area (Å²) >= 11 is 12.6. The fourth-order valence-corrected chi connectivity index (χ4v) is 4.78. The van der Waals surface area contributed by atoms with Crippen molar-refractivity contribution >= 4 is 40.6 Å². The zero-order chi connectivity index (χ0) is 23.2. The van der Waals surface area contributed by atoms with Crippen molar-refractivity contribution in [2.75, 3.05) is 4.90 Å². The summed E-state index contributed by atoms with van der Waals surface area (Å²) in [7, 11) is 0. The predicted octanol–water partition coefficient (Wildman–Crippen LogP) is 5.93. The molecule has 0 aromatic heterocycles. The van der Waals surface area contributed by atoms with E-state index in [9.17, 15) is 14.7 Å². The van der Waals surface area contributed by atoms with Gasteiger partial charge in [-0.25, -0.2) is 0 Å². The SMILES string of the molecule is Cc1cc(C)c(C(=O)CC2(O)C(=O)N(Cc3c(Cl)cccc3Cl)c3ccccc32)cc1C. The maximum atomic E-state index is 13.5. The molecule has 0 saturated carbocycles. The van der Waals surface area contributed by atoms with Crippen molar-refractivity contribution in [2.45, 2.75) is 39.3 Å². The zero-order valence-electron chi connectivity index (χ0n) is 18.1. The molecule has 32 heavy (non-hydrogen) atoms. The Bertz CT molecular complexity index is 1230. The number of para-hydroxylation sites is 1. The van der Waals surface area contributed by atoms with Gasteiger partial charge in [0.25, 0.3) is 5.91 Å². The lowest BCUT2D eigenvalue weighted by Crippen LogP contribution is -2.41. The molecule has 1 amide bonds. The molecule has 4 nitrogen and oxygen atoms in total. The van der Waals surface area contributed by atoms with Crippen molar-refractivity contribution in [1.82, 2.24) is 0 Å². The summed E-state index contributed by atoms with van der Waals surface area (Å²) in [5.41, 5.74) is 2.97. The standard InChI is InChI=1S/C26H23Cl2NO3/c1-15-11-17(3)18(12-16(15)2)24(30)13-26(32)20-7-4-5-10-23(20)29(25(26)31)14-19-21(27)8-6-9-22(19)28/h4-12,32H,13-14H2,1-3H3. The third-order valence-electron chi connectivity index (χ3n) is 6.17. The van der Waals surface area contributed by atoms with Crippen LogP contribution in [-0.2, 0) is 16.9 Å². The van der Waals surface area contributed by atoms with Crippen molar-refractivity contribution in [2.24, 2.45) is 0 Å². The van der Waals surface area contributed by atoms with Gasteiger partial charge in [0.2, 0.25) is 0 Å². The lowest BCUT2D eigenvalue weighted by atomic mass is 9.86. The lowest BCUT2D eigenvalue weighted by molar-refractivity contribution is -0.136. The fourth-order valence-electron chi connectivity index (χ4n) is 4.26. The summed E-state index contributed by atoms with van der Waals surface area (Å²) < 4.78 is 0. The summed E-state index contributed by atoms with van der Waals surface area (Å²) in [4.78, 5) is 28.2. The number of anilines is 1. The molecule has 6 heteroatoms. The van der Waals surface area contributed by atoms with Gasteiger partial charge in [0, 0.05) is 26.7 Å². The van der Waals surface area contributed by atoms with Gasteiger partial charge in [-0.1, -0.05) is 53.5 Å². The second-order valence-corrected chi connectivity index (χ2v) is 9.13. The van der Waals surface area contributed by atoms with Crippen LogP contribution < -0.4 is 4.90 Å². The van der Waals surface area contributed by atoms with Gasteiger partial charge in [-0.3, -0.25) is 9.59 Å². The molecule has 0 spiro atoms. The number of fused-ring (bicyclic) bond motifs is 1. The van der Waals surface area contributed by atoms with Crippen molar-refractivity contribution in [3.05, 3.63) is 98.0 Å². The fraction of sp³-hybridized carbons (Fsp3) is 0.231. The van der Waals surface area contributed by atoms with Crippen LogP contribution in [0.2, 0.25) is 10.0 Å². The Labute approximate surface area is 197 Å². The van der Waals surface area contributed by atoms with Gasteiger partial charge in [0.1, 0.15) is 0 Å². The third kappa shape index (κ3) is 3.73. The maximum Gasteiger partial charge on any atom is 0.264 e. The maximum absolute atomic E-state index is 13.5. The number of aliphatic hydroxyl groups is 1. The quantitative estimate of drug-likeness (QED) is 0.473. The topological polar surface area (TPSA) is 57.6 Å². The Morgan fingerprint density at radius 1 is 0.938 bits per heavy atom. The van der Waals surface area contributed by atoms with Gasteiger partial charge >= 0.3 is 0 Å². The molecule has 1 N–H and O–H groups in total. The van der Waals surface area contributed by atoms with Crippen LogP contribution in [0.4, 0.5) is 5.69 Å². The number of amides is 1. The number of rotatable bonds is 5. The Kier molecular flexibility index (Phi) is 5.89. The number of benzene rings is 3. The first-order chi connectivity index (χ1) is 15.1. The van der Waals surface area contributed by atoms with Gasteiger partial charge in [0.05, 0.1) is 18.7 Å². The molecule has 164 valence electrons. The second kappa shape index (κ2) is 8.36. The first kappa shape index (κ1) is 22.5. The van der Waals surface area contributed by atoms with E-state index in [1.54, 1.807) is 42.5 Å². The van der Waals surface area contributed by atoms with Crippen LogP contribution in [0, 0.1) is 20.8 Å². The Morgan fingerprint density at radius 2 is 1.56 bits per heavy atom. The van der Waals surface area contributed by atoms with Gasteiger partial charge in [0.15, 0.2) is 11.4 Å². The second-order valence-electron chi connectivity index (χ2n) is 8.32. The minimum Gasteiger partial charge on any atom is -0.375 e. The molecule has 0 aliphatic carbocycles. The molecule has 4 rings (SSSR count). The highest BCUT2D eigenvalue weighted by Gasteiger charge is 2.51. The van der Waals surface area contributed by atoms with Crippen molar-refractivity contribution in [1.29, 1.82) is 0 Å². The van der Waals surface area contributed by atoms with Crippen LogP contribution >= 0.6 is 23.2 Å². The van der Waals surface area contributed by atoms with Crippen LogP contribution in [0.25, 0.3) is 0 Å². The third-order valence-corrected chi connectivity index (χ3v) is 6.88. The molecule has 0 radical (unpaired) electrons. The summed E-state index contributed by atoms with van der Waals surface area (Å²) in [5.74, 6) is -0.849. The normalized spacial score (nSPS) is 17.6. The summed E-state index contributed by atoms with van der Waals surface area (Å²) in [6.45, 7) is 5.87. The first-order valence-electron chi connectivity index (χ1n) is 10.3. The summed E-state index contributed by atoms with van der Waals surface area (Å²) in [6, 6.07) is 15.9. The first-order valence-corrected chi connectivity index (χ1v) is 11.1. The van der Waals surface area contributed by atoms with Crippen LogP contribution in [0.15, 0.2) is 54.6 Å². The van der Waals surface area contributed by atoms with E-state index in [-0.39, 0.29) is 18.7 Å². The highest BCUT2D eigenvalue weighted by molar-refractivity contribution is 6.36. The molecule has 0 saturated heterocycles. The van der Waals surface area contributed by atoms with Gasteiger partial charge < -0.3 is 10.0 Å². The molecule has 0 bridgehead atoms. The number of halogens is 2. The number of carbonyl (C=O) groups excluding carboxylic acids is 2. The van der Waals surface area contributed by atoms with Crippen molar-refractivity contribution < 1.29 is 14.7 Å². The van der Waals surface area contributed by atoms with Crippen LogP contribution in [0.1, 0.15) is 44.6 Å². The number of carbonyl (C=O) groups is 2. The number of ketones is 1. The monoisotopic (exact) mass is 467 g/mol. The zero-order valence-corrected chi connectivity index (χ0v) is 19.6.